The van der Waals surface area contributed by atoms with Crippen molar-refractivity contribution in [1.29, 1.82) is 0 Å². The molecule has 1 aliphatic rings. The first-order valence-corrected chi connectivity index (χ1v) is 5.85. The Balaban J connectivity index is 2.62. The van der Waals surface area contributed by atoms with Crippen molar-refractivity contribution in [2.45, 2.75) is 32.1 Å². The van der Waals surface area contributed by atoms with Gasteiger partial charge in [0.05, 0.1) is 0 Å². The molecule has 1 aromatic rings. The normalized spacial score (nSPS) is 14.8. The fraction of sp³-hybridized carbons (Fsp3) is 0.385. The van der Waals surface area contributed by atoms with Crippen molar-refractivity contribution < 1.29 is 9.59 Å². The number of carbonyl (C=O) groups excluding carboxylic acids is 2. The van der Waals surface area contributed by atoms with Crippen LogP contribution in [0.3, 0.4) is 0 Å². The van der Waals surface area contributed by atoms with Crippen LogP contribution in [0.15, 0.2) is 12.1 Å². The SMILES string of the molecule is NC(=O)c1ccc(C(N)=O)c2c1CCCCC2. The Morgan fingerprint density at radius 1 is 0.824 bits per heavy atom. The van der Waals surface area contributed by atoms with Gasteiger partial charge in [0.15, 0.2) is 0 Å². The number of hydrogen-bond donors (Lipinski definition) is 2. The number of nitrogens with two attached hydrogens (primary N) is 2. The third-order valence-corrected chi connectivity index (χ3v) is 3.32. The maximum Gasteiger partial charge on any atom is 0.248 e. The molecule has 1 aliphatic carbocycles. The summed E-state index contributed by atoms with van der Waals surface area (Å²) >= 11 is 0. The van der Waals surface area contributed by atoms with E-state index in [1.807, 2.05) is 0 Å². The Morgan fingerprint density at radius 2 is 1.24 bits per heavy atom. The molecule has 0 bridgehead atoms. The van der Waals surface area contributed by atoms with E-state index >= 15 is 0 Å². The maximum absolute atomic E-state index is 11.4. The lowest BCUT2D eigenvalue weighted by Gasteiger charge is -2.13. The average Bonchev–Trinajstić information content (AvgIpc) is 2.52. The van der Waals surface area contributed by atoms with Crippen LogP contribution in [0.5, 0.6) is 0 Å². The molecule has 0 saturated carbocycles. The Labute approximate surface area is 100.0 Å². The van der Waals surface area contributed by atoms with E-state index in [1.54, 1.807) is 12.1 Å². The summed E-state index contributed by atoms with van der Waals surface area (Å²) in [5.41, 5.74) is 13.6. The largest absolute Gasteiger partial charge is 0.366 e. The predicted octanol–water partition coefficient (Wildman–Crippen LogP) is 1.15. The lowest BCUT2D eigenvalue weighted by atomic mass is 9.92. The molecule has 0 saturated heterocycles. The van der Waals surface area contributed by atoms with E-state index in [4.69, 9.17) is 11.5 Å². The molecule has 17 heavy (non-hydrogen) atoms. The van der Waals surface area contributed by atoms with Crippen molar-refractivity contribution in [2.24, 2.45) is 11.5 Å². The van der Waals surface area contributed by atoms with Gasteiger partial charge in [0, 0.05) is 11.1 Å². The van der Waals surface area contributed by atoms with Crippen LogP contribution >= 0.6 is 0 Å². The number of hydrogen-bond acceptors (Lipinski definition) is 2. The first kappa shape index (κ1) is 11.6. The van der Waals surface area contributed by atoms with Crippen LogP contribution < -0.4 is 11.5 Å². The molecule has 4 nitrogen and oxygen atoms in total. The fourth-order valence-electron chi connectivity index (χ4n) is 2.51. The second-order valence-electron chi connectivity index (χ2n) is 4.41. The molecule has 0 spiro atoms. The molecule has 0 radical (unpaired) electrons. The number of rotatable bonds is 2. The van der Waals surface area contributed by atoms with E-state index in [-0.39, 0.29) is 0 Å². The molecule has 90 valence electrons. The minimum atomic E-state index is -0.431. The maximum atomic E-state index is 11.4. The van der Waals surface area contributed by atoms with Crippen molar-refractivity contribution in [2.75, 3.05) is 0 Å². The summed E-state index contributed by atoms with van der Waals surface area (Å²) in [6.07, 6.45) is 4.75. The summed E-state index contributed by atoms with van der Waals surface area (Å²) in [6.45, 7) is 0. The van der Waals surface area contributed by atoms with E-state index in [0.717, 1.165) is 43.2 Å². The molecule has 0 aliphatic heterocycles. The Hall–Kier alpha value is -1.84. The number of fused-ring (bicyclic) bond motifs is 1. The van der Waals surface area contributed by atoms with Crippen molar-refractivity contribution in [3.63, 3.8) is 0 Å². The third kappa shape index (κ3) is 2.16. The zero-order chi connectivity index (χ0) is 12.4. The van der Waals surface area contributed by atoms with Crippen molar-refractivity contribution in [1.82, 2.24) is 0 Å². The van der Waals surface area contributed by atoms with Gasteiger partial charge in [0.25, 0.3) is 0 Å². The molecule has 1 aromatic carbocycles. The van der Waals surface area contributed by atoms with Gasteiger partial charge in [-0.15, -0.1) is 0 Å². The lowest BCUT2D eigenvalue weighted by molar-refractivity contribution is 0.0986. The highest BCUT2D eigenvalue weighted by molar-refractivity contribution is 5.99. The van der Waals surface area contributed by atoms with Gasteiger partial charge >= 0.3 is 0 Å². The van der Waals surface area contributed by atoms with E-state index in [1.165, 1.54) is 0 Å². The van der Waals surface area contributed by atoms with Crippen LogP contribution in [0, 0.1) is 0 Å². The molecule has 0 aromatic heterocycles. The van der Waals surface area contributed by atoms with Gasteiger partial charge in [0.1, 0.15) is 0 Å². The Bertz CT molecular complexity index is 438. The summed E-state index contributed by atoms with van der Waals surface area (Å²) in [5.74, 6) is -0.863. The lowest BCUT2D eigenvalue weighted by Crippen LogP contribution is -2.19. The molecule has 0 atom stereocenters. The van der Waals surface area contributed by atoms with Gasteiger partial charge in [-0.05, 0) is 48.9 Å². The molecular formula is C13H16N2O2. The summed E-state index contributed by atoms with van der Waals surface area (Å²) in [5, 5.41) is 0. The van der Waals surface area contributed by atoms with Gasteiger partial charge in [-0.25, -0.2) is 0 Å². The van der Waals surface area contributed by atoms with Gasteiger partial charge in [-0.3, -0.25) is 9.59 Å². The molecule has 2 rings (SSSR count). The highest BCUT2D eigenvalue weighted by Crippen LogP contribution is 2.26. The zero-order valence-electron chi connectivity index (χ0n) is 9.66. The highest BCUT2D eigenvalue weighted by Gasteiger charge is 2.20. The minimum Gasteiger partial charge on any atom is -0.366 e. The summed E-state index contributed by atoms with van der Waals surface area (Å²) in [4.78, 5) is 22.7. The van der Waals surface area contributed by atoms with Crippen molar-refractivity contribution in [3.05, 3.63) is 34.4 Å². The summed E-state index contributed by atoms with van der Waals surface area (Å²) in [7, 11) is 0. The second-order valence-corrected chi connectivity index (χ2v) is 4.41. The standard InChI is InChI=1S/C13H16N2O2/c14-12(16)10-6-7-11(13(15)17)9-5-3-1-2-4-8(9)10/h6-7H,1-5H2,(H2,14,16)(H2,15,17). The predicted molar refractivity (Wildman–Crippen MR) is 64.7 cm³/mol. The molecule has 0 fully saturated rings. The molecular weight excluding hydrogens is 216 g/mol. The van der Waals surface area contributed by atoms with Crippen LogP contribution in [0.2, 0.25) is 0 Å². The number of amides is 2. The Kier molecular flexibility index (Phi) is 3.13. The second kappa shape index (κ2) is 4.57. The highest BCUT2D eigenvalue weighted by atomic mass is 16.1. The van der Waals surface area contributed by atoms with Crippen molar-refractivity contribution in [3.8, 4) is 0 Å². The molecule has 0 heterocycles. The number of benzene rings is 1. The molecule has 4 N–H and O–H groups in total. The molecule has 0 unspecified atom stereocenters. The first-order valence-electron chi connectivity index (χ1n) is 5.85. The topological polar surface area (TPSA) is 86.2 Å². The molecule has 2 amide bonds. The van der Waals surface area contributed by atoms with Crippen LogP contribution in [-0.4, -0.2) is 11.8 Å². The summed E-state index contributed by atoms with van der Waals surface area (Å²) in [6, 6.07) is 3.24. The van der Waals surface area contributed by atoms with Gasteiger partial charge in [-0.2, -0.15) is 0 Å². The smallest absolute Gasteiger partial charge is 0.248 e. The quantitative estimate of drug-likeness (QED) is 0.749. The van der Waals surface area contributed by atoms with Crippen LogP contribution in [0.4, 0.5) is 0 Å². The number of primary amides is 2. The van der Waals surface area contributed by atoms with E-state index < -0.39 is 11.8 Å². The number of carbonyl (C=O) groups is 2. The van der Waals surface area contributed by atoms with Crippen molar-refractivity contribution >= 4 is 11.8 Å². The molecule has 4 heteroatoms. The van der Waals surface area contributed by atoms with Crippen LogP contribution in [0.1, 0.15) is 51.1 Å². The first-order chi connectivity index (χ1) is 8.11. The van der Waals surface area contributed by atoms with Gasteiger partial charge in [-0.1, -0.05) is 6.42 Å². The zero-order valence-corrected chi connectivity index (χ0v) is 9.66. The fourth-order valence-corrected chi connectivity index (χ4v) is 2.51. The monoisotopic (exact) mass is 232 g/mol. The van der Waals surface area contributed by atoms with Gasteiger partial charge < -0.3 is 11.5 Å². The third-order valence-electron chi connectivity index (χ3n) is 3.32. The van der Waals surface area contributed by atoms with E-state index in [0.29, 0.717) is 11.1 Å². The van der Waals surface area contributed by atoms with Gasteiger partial charge in [0.2, 0.25) is 11.8 Å². The minimum absolute atomic E-state index is 0.431. The van der Waals surface area contributed by atoms with Crippen LogP contribution in [-0.2, 0) is 12.8 Å². The summed E-state index contributed by atoms with van der Waals surface area (Å²) < 4.78 is 0. The Morgan fingerprint density at radius 3 is 1.59 bits per heavy atom. The van der Waals surface area contributed by atoms with Crippen LogP contribution in [0.25, 0.3) is 0 Å². The van der Waals surface area contributed by atoms with E-state index in [9.17, 15) is 9.59 Å². The average molecular weight is 232 g/mol. The van der Waals surface area contributed by atoms with E-state index in [2.05, 4.69) is 0 Å².